The highest BCUT2D eigenvalue weighted by molar-refractivity contribution is 6.30. The van der Waals surface area contributed by atoms with E-state index < -0.39 is 0 Å². The normalized spacial score (nSPS) is 20.1. The molecular weight excluding hydrogens is 213 g/mol. The summed E-state index contributed by atoms with van der Waals surface area (Å²) in [7, 11) is 0. The standard InChI is InChI=1S/C12H15ClFN/c13-11-3-1-2-10(8-11)12(9-14)4-6-15-7-5-12/h1-3,8,15H,4-7,9H2. The quantitative estimate of drug-likeness (QED) is 0.819. The molecule has 1 heterocycles. The van der Waals surface area contributed by atoms with Crippen molar-refractivity contribution in [2.24, 2.45) is 0 Å². The minimum absolute atomic E-state index is 0.297. The van der Waals surface area contributed by atoms with Gasteiger partial charge < -0.3 is 5.32 Å². The molecule has 1 nitrogen and oxygen atoms in total. The minimum Gasteiger partial charge on any atom is -0.317 e. The van der Waals surface area contributed by atoms with Crippen LogP contribution in [0.4, 0.5) is 4.39 Å². The molecule has 0 spiro atoms. The average Bonchev–Trinajstić information content (AvgIpc) is 2.30. The molecule has 0 aromatic heterocycles. The highest BCUT2D eigenvalue weighted by Crippen LogP contribution is 2.34. The smallest absolute Gasteiger partial charge is 0.0991 e. The van der Waals surface area contributed by atoms with Gasteiger partial charge in [0.05, 0.1) is 6.67 Å². The zero-order valence-electron chi connectivity index (χ0n) is 8.60. The van der Waals surface area contributed by atoms with Gasteiger partial charge in [-0.05, 0) is 43.6 Å². The zero-order valence-corrected chi connectivity index (χ0v) is 9.36. The topological polar surface area (TPSA) is 12.0 Å². The Bertz CT molecular complexity index is 334. The van der Waals surface area contributed by atoms with Crippen LogP contribution in [0.3, 0.4) is 0 Å². The van der Waals surface area contributed by atoms with Crippen LogP contribution in [0, 0.1) is 0 Å². The molecule has 1 aliphatic heterocycles. The Hall–Kier alpha value is -0.600. The van der Waals surface area contributed by atoms with Gasteiger partial charge in [-0.1, -0.05) is 23.7 Å². The van der Waals surface area contributed by atoms with E-state index in [1.54, 1.807) is 0 Å². The lowest BCUT2D eigenvalue weighted by atomic mass is 9.74. The number of halogens is 2. The summed E-state index contributed by atoms with van der Waals surface area (Å²) in [4.78, 5) is 0. The van der Waals surface area contributed by atoms with E-state index in [0.717, 1.165) is 31.5 Å². The van der Waals surface area contributed by atoms with Crippen molar-refractivity contribution >= 4 is 11.6 Å². The van der Waals surface area contributed by atoms with Gasteiger partial charge in [0, 0.05) is 10.4 Å². The van der Waals surface area contributed by atoms with E-state index in [1.807, 2.05) is 24.3 Å². The highest BCUT2D eigenvalue weighted by Gasteiger charge is 2.33. The summed E-state index contributed by atoms with van der Waals surface area (Å²) in [6.45, 7) is 1.47. The molecule has 1 aromatic rings. The van der Waals surface area contributed by atoms with Gasteiger partial charge in [-0.2, -0.15) is 0 Å². The molecule has 0 radical (unpaired) electrons. The second-order valence-electron chi connectivity index (χ2n) is 4.17. The summed E-state index contributed by atoms with van der Waals surface area (Å²) in [5.41, 5.74) is 0.731. The largest absolute Gasteiger partial charge is 0.317 e. The monoisotopic (exact) mass is 227 g/mol. The van der Waals surface area contributed by atoms with Crippen LogP contribution in [-0.2, 0) is 5.41 Å². The fourth-order valence-corrected chi connectivity index (χ4v) is 2.41. The van der Waals surface area contributed by atoms with Crippen LogP contribution in [0.25, 0.3) is 0 Å². The molecule has 0 unspecified atom stereocenters. The van der Waals surface area contributed by atoms with E-state index in [1.165, 1.54) is 0 Å². The number of piperidine rings is 1. The van der Waals surface area contributed by atoms with Gasteiger partial charge >= 0.3 is 0 Å². The lowest BCUT2D eigenvalue weighted by molar-refractivity contribution is 0.237. The van der Waals surface area contributed by atoms with Crippen molar-refractivity contribution in [1.29, 1.82) is 0 Å². The summed E-state index contributed by atoms with van der Waals surface area (Å²) in [6.07, 6.45) is 1.70. The number of alkyl halides is 1. The van der Waals surface area contributed by atoms with Crippen molar-refractivity contribution < 1.29 is 4.39 Å². The minimum atomic E-state index is -0.309. The Morgan fingerprint density at radius 3 is 2.67 bits per heavy atom. The van der Waals surface area contributed by atoms with Crippen LogP contribution in [0.5, 0.6) is 0 Å². The molecule has 1 saturated heterocycles. The number of nitrogens with one attached hydrogen (secondary N) is 1. The third-order valence-corrected chi connectivity index (χ3v) is 3.49. The van der Waals surface area contributed by atoms with Crippen molar-refractivity contribution in [3.8, 4) is 0 Å². The molecule has 0 aliphatic carbocycles. The summed E-state index contributed by atoms with van der Waals surface area (Å²) >= 11 is 5.94. The third kappa shape index (κ3) is 2.16. The van der Waals surface area contributed by atoms with E-state index in [0.29, 0.717) is 5.02 Å². The Kier molecular flexibility index (Phi) is 3.27. The lowest BCUT2D eigenvalue weighted by Gasteiger charge is -2.35. The summed E-state index contributed by atoms with van der Waals surface area (Å²) < 4.78 is 13.3. The molecule has 0 amide bonds. The molecule has 15 heavy (non-hydrogen) atoms. The number of hydrogen-bond donors (Lipinski definition) is 1. The number of hydrogen-bond acceptors (Lipinski definition) is 1. The maximum atomic E-state index is 13.3. The van der Waals surface area contributed by atoms with Crippen LogP contribution in [0.2, 0.25) is 5.02 Å². The van der Waals surface area contributed by atoms with Crippen LogP contribution >= 0.6 is 11.6 Å². The van der Waals surface area contributed by atoms with Crippen molar-refractivity contribution in [3.63, 3.8) is 0 Å². The van der Waals surface area contributed by atoms with Gasteiger partial charge in [0.25, 0.3) is 0 Å². The molecule has 82 valence electrons. The van der Waals surface area contributed by atoms with Gasteiger partial charge in [-0.3, -0.25) is 4.39 Å². The van der Waals surface area contributed by atoms with Crippen LogP contribution < -0.4 is 5.32 Å². The molecule has 1 N–H and O–H groups in total. The van der Waals surface area contributed by atoms with Crippen molar-refractivity contribution in [1.82, 2.24) is 5.32 Å². The fourth-order valence-electron chi connectivity index (χ4n) is 2.22. The average molecular weight is 228 g/mol. The molecule has 1 aliphatic rings. The van der Waals surface area contributed by atoms with Crippen LogP contribution in [0.1, 0.15) is 18.4 Å². The highest BCUT2D eigenvalue weighted by atomic mass is 35.5. The summed E-state index contributed by atoms with van der Waals surface area (Å²) in [5.74, 6) is 0. The molecule has 0 atom stereocenters. The number of benzene rings is 1. The SMILES string of the molecule is FCC1(c2cccc(Cl)c2)CCNCC1. The second-order valence-corrected chi connectivity index (χ2v) is 4.61. The van der Waals surface area contributed by atoms with Crippen molar-refractivity contribution in [2.45, 2.75) is 18.3 Å². The predicted octanol–water partition coefficient (Wildman–Crippen LogP) is 2.93. The first-order chi connectivity index (χ1) is 7.27. The Balaban J connectivity index is 2.32. The van der Waals surface area contributed by atoms with Gasteiger partial charge in [0.1, 0.15) is 0 Å². The third-order valence-electron chi connectivity index (χ3n) is 3.25. The Morgan fingerprint density at radius 1 is 1.33 bits per heavy atom. The molecule has 1 aromatic carbocycles. The van der Waals surface area contributed by atoms with Gasteiger partial charge in [0.2, 0.25) is 0 Å². The van der Waals surface area contributed by atoms with Crippen LogP contribution in [-0.4, -0.2) is 19.8 Å². The van der Waals surface area contributed by atoms with E-state index in [4.69, 9.17) is 11.6 Å². The zero-order chi connectivity index (χ0) is 10.7. The molecule has 0 bridgehead atoms. The number of rotatable bonds is 2. The molecule has 0 saturated carbocycles. The lowest BCUT2D eigenvalue weighted by Crippen LogP contribution is -2.41. The van der Waals surface area contributed by atoms with Crippen molar-refractivity contribution in [3.05, 3.63) is 34.9 Å². The first-order valence-corrected chi connectivity index (χ1v) is 5.67. The fraction of sp³-hybridized carbons (Fsp3) is 0.500. The molecule has 3 heteroatoms. The predicted molar refractivity (Wildman–Crippen MR) is 61.2 cm³/mol. The Morgan fingerprint density at radius 2 is 2.07 bits per heavy atom. The first kappa shape index (κ1) is 10.9. The first-order valence-electron chi connectivity index (χ1n) is 5.30. The molecule has 1 fully saturated rings. The summed E-state index contributed by atoms with van der Waals surface area (Å²) in [5, 5.41) is 3.95. The van der Waals surface area contributed by atoms with E-state index in [2.05, 4.69) is 5.32 Å². The Labute approximate surface area is 94.6 Å². The van der Waals surface area contributed by atoms with Gasteiger partial charge in [-0.25, -0.2) is 0 Å². The van der Waals surface area contributed by atoms with Gasteiger partial charge in [0.15, 0.2) is 0 Å². The van der Waals surface area contributed by atoms with Crippen molar-refractivity contribution in [2.75, 3.05) is 19.8 Å². The second kappa shape index (κ2) is 4.50. The maximum absolute atomic E-state index is 13.3. The van der Waals surface area contributed by atoms with Gasteiger partial charge in [-0.15, -0.1) is 0 Å². The van der Waals surface area contributed by atoms with E-state index >= 15 is 0 Å². The van der Waals surface area contributed by atoms with E-state index in [-0.39, 0.29) is 12.1 Å². The molecular formula is C12H15ClFN. The van der Waals surface area contributed by atoms with Crippen LogP contribution in [0.15, 0.2) is 24.3 Å². The maximum Gasteiger partial charge on any atom is 0.0991 e. The van der Waals surface area contributed by atoms with E-state index in [9.17, 15) is 4.39 Å². The molecule has 2 rings (SSSR count). The summed E-state index contributed by atoms with van der Waals surface area (Å²) in [6, 6.07) is 7.61.